The van der Waals surface area contributed by atoms with Crippen molar-refractivity contribution in [2.45, 2.75) is 18.4 Å². The Hall–Kier alpha value is -1.44. The molecule has 5 nitrogen and oxygen atoms in total. The molecule has 0 unspecified atom stereocenters. The van der Waals surface area contributed by atoms with Gasteiger partial charge in [0.2, 0.25) is 10.0 Å². The van der Waals surface area contributed by atoms with Crippen molar-refractivity contribution >= 4 is 31.6 Å². The van der Waals surface area contributed by atoms with Gasteiger partial charge in [0.05, 0.1) is 17.1 Å². The van der Waals surface area contributed by atoms with Crippen molar-refractivity contribution in [3.63, 3.8) is 0 Å². The lowest BCUT2D eigenvalue weighted by Gasteiger charge is -2.09. The van der Waals surface area contributed by atoms with E-state index in [9.17, 15) is 8.42 Å². The number of nitrogens with zero attached hydrogens (tertiary/aromatic N) is 1. The van der Waals surface area contributed by atoms with Crippen LogP contribution in [0.2, 0.25) is 0 Å². The van der Waals surface area contributed by atoms with Gasteiger partial charge in [0.1, 0.15) is 0 Å². The summed E-state index contributed by atoms with van der Waals surface area (Å²) in [7, 11) is -3.59. The van der Waals surface area contributed by atoms with Crippen LogP contribution < -0.4 is 10.5 Å². The number of rotatable bonds is 4. The van der Waals surface area contributed by atoms with Gasteiger partial charge in [-0.3, -0.25) is 4.98 Å². The van der Waals surface area contributed by atoms with Crippen molar-refractivity contribution in [2.75, 3.05) is 5.73 Å². The van der Waals surface area contributed by atoms with Gasteiger partial charge in [-0.05, 0) is 52.7 Å². The number of nitrogens with one attached hydrogen (secondary N) is 1. The van der Waals surface area contributed by atoms with Crippen LogP contribution in [0.4, 0.5) is 5.69 Å². The lowest BCUT2D eigenvalue weighted by atomic mass is 10.2. The molecule has 7 heteroatoms. The Morgan fingerprint density at radius 2 is 2.10 bits per heavy atom. The third-order valence-corrected chi connectivity index (χ3v) is 4.92. The number of nitrogen functional groups attached to an aromatic ring is 1. The number of aryl methyl sites for hydroxylation is 1. The van der Waals surface area contributed by atoms with Crippen molar-refractivity contribution in [2.24, 2.45) is 0 Å². The maximum absolute atomic E-state index is 12.2. The summed E-state index contributed by atoms with van der Waals surface area (Å²) >= 11 is 3.22. The molecule has 0 saturated heterocycles. The first-order valence-electron chi connectivity index (χ1n) is 5.85. The number of hydrogen-bond acceptors (Lipinski definition) is 4. The molecule has 20 heavy (non-hydrogen) atoms. The Morgan fingerprint density at radius 1 is 1.35 bits per heavy atom. The summed E-state index contributed by atoms with van der Waals surface area (Å²) in [5.74, 6) is 0. The van der Waals surface area contributed by atoms with Gasteiger partial charge >= 0.3 is 0 Å². The average Bonchev–Trinajstić information content (AvgIpc) is 2.41. The number of sulfonamides is 1. The molecule has 0 amide bonds. The molecule has 0 atom stereocenters. The van der Waals surface area contributed by atoms with Gasteiger partial charge in [-0.2, -0.15) is 0 Å². The average molecular weight is 356 g/mol. The van der Waals surface area contributed by atoms with Crippen molar-refractivity contribution in [1.29, 1.82) is 0 Å². The molecule has 0 aliphatic rings. The number of halogens is 1. The van der Waals surface area contributed by atoms with E-state index in [0.717, 1.165) is 5.56 Å². The van der Waals surface area contributed by atoms with Gasteiger partial charge in [-0.15, -0.1) is 0 Å². The molecule has 0 aliphatic heterocycles. The molecule has 3 N–H and O–H groups in total. The highest BCUT2D eigenvalue weighted by molar-refractivity contribution is 9.10. The van der Waals surface area contributed by atoms with Crippen molar-refractivity contribution in [3.8, 4) is 0 Å². The van der Waals surface area contributed by atoms with E-state index in [1.807, 2.05) is 19.1 Å². The summed E-state index contributed by atoms with van der Waals surface area (Å²) in [6, 6.07) is 8.18. The molecular formula is C13H14BrN3O2S. The van der Waals surface area contributed by atoms with Crippen molar-refractivity contribution in [1.82, 2.24) is 9.71 Å². The Morgan fingerprint density at radius 3 is 2.75 bits per heavy atom. The van der Waals surface area contributed by atoms with Crippen LogP contribution in [0.1, 0.15) is 11.3 Å². The Kier molecular flexibility index (Phi) is 4.42. The number of pyridine rings is 1. The monoisotopic (exact) mass is 355 g/mol. The molecule has 2 rings (SSSR count). The second kappa shape index (κ2) is 5.90. The first kappa shape index (κ1) is 15.0. The predicted molar refractivity (Wildman–Crippen MR) is 81.6 cm³/mol. The van der Waals surface area contributed by atoms with E-state index in [1.165, 1.54) is 12.1 Å². The minimum Gasteiger partial charge on any atom is -0.398 e. The van der Waals surface area contributed by atoms with E-state index in [4.69, 9.17) is 5.73 Å². The molecule has 1 aromatic carbocycles. The highest BCUT2D eigenvalue weighted by atomic mass is 79.9. The third kappa shape index (κ3) is 3.36. The smallest absolute Gasteiger partial charge is 0.240 e. The zero-order valence-corrected chi connectivity index (χ0v) is 13.2. The number of aromatic nitrogens is 1. The van der Waals surface area contributed by atoms with E-state index < -0.39 is 10.0 Å². The SMILES string of the molecule is Cc1cccnc1CNS(=O)(=O)c1ccc(N)c(Br)c1. The minimum absolute atomic E-state index is 0.150. The summed E-state index contributed by atoms with van der Waals surface area (Å²) in [4.78, 5) is 4.31. The van der Waals surface area contributed by atoms with Gasteiger partial charge in [0, 0.05) is 16.4 Å². The molecular weight excluding hydrogens is 342 g/mol. The van der Waals surface area contributed by atoms with E-state index in [0.29, 0.717) is 15.9 Å². The fraction of sp³-hybridized carbons (Fsp3) is 0.154. The standard InChI is InChI=1S/C13H14BrN3O2S/c1-9-3-2-6-16-13(9)8-17-20(18,19)10-4-5-12(15)11(14)7-10/h2-7,17H,8,15H2,1H3. The molecule has 2 aromatic rings. The maximum Gasteiger partial charge on any atom is 0.240 e. The van der Waals surface area contributed by atoms with E-state index in [1.54, 1.807) is 12.3 Å². The van der Waals surface area contributed by atoms with Crippen molar-refractivity contribution < 1.29 is 8.42 Å². The zero-order valence-electron chi connectivity index (χ0n) is 10.8. The third-order valence-electron chi connectivity index (χ3n) is 2.83. The van der Waals surface area contributed by atoms with Crippen LogP contribution in [-0.4, -0.2) is 13.4 Å². The molecule has 0 aliphatic carbocycles. The largest absolute Gasteiger partial charge is 0.398 e. The first-order valence-corrected chi connectivity index (χ1v) is 8.13. The van der Waals surface area contributed by atoms with Crippen LogP contribution in [0.3, 0.4) is 0 Å². The summed E-state index contributed by atoms with van der Waals surface area (Å²) in [5.41, 5.74) is 7.77. The number of hydrogen-bond donors (Lipinski definition) is 2. The summed E-state index contributed by atoms with van der Waals surface area (Å²) in [5, 5.41) is 0. The van der Waals surface area contributed by atoms with Gasteiger partial charge in [-0.25, -0.2) is 13.1 Å². The highest BCUT2D eigenvalue weighted by Crippen LogP contribution is 2.23. The summed E-state index contributed by atoms with van der Waals surface area (Å²) in [6.07, 6.45) is 1.64. The van der Waals surface area contributed by atoms with Gasteiger partial charge in [-0.1, -0.05) is 6.07 Å². The number of anilines is 1. The highest BCUT2D eigenvalue weighted by Gasteiger charge is 2.15. The Balaban J connectivity index is 2.19. The van der Waals surface area contributed by atoms with Crippen LogP contribution in [0.15, 0.2) is 45.9 Å². The first-order chi connectivity index (χ1) is 9.40. The number of benzene rings is 1. The minimum atomic E-state index is -3.59. The van der Waals surface area contributed by atoms with Gasteiger partial charge in [0.15, 0.2) is 0 Å². The topological polar surface area (TPSA) is 85.1 Å². The van der Waals surface area contributed by atoms with Crippen LogP contribution in [-0.2, 0) is 16.6 Å². The fourth-order valence-electron chi connectivity index (χ4n) is 1.63. The second-order valence-electron chi connectivity index (χ2n) is 4.27. The van der Waals surface area contributed by atoms with Crippen molar-refractivity contribution in [3.05, 3.63) is 52.3 Å². The molecule has 1 heterocycles. The van der Waals surface area contributed by atoms with Crippen LogP contribution in [0, 0.1) is 6.92 Å². The van der Waals surface area contributed by atoms with Crippen LogP contribution >= 0.6 is 15.9 Å². The van der Waals surface area contributed by atoms with Gasteiger partial charge < -0.3 is 5.73 Å². The van der Waals surface area contributed by atoms with E-state index in [-0.39, 0.29) is 11.4 Å². The lowest BCUT2D eigenvalue weighted by Crippen LogP contribution is -2.24. The molecule has 0 saturated carbocycles. The van der Waals surface area contributed by atoms with Crippen LogP contribution in [0.5, 0.6) is 0 Å². The number of nitrogens with two attached hydrogens (primary N) is 1. The molecule has 0 bridgehead atoms. The quantitative estimate of drug-likeness (QED) is 0.823. The second-order valence-corrected chi connectivity index (χ2v) is 6.90. The lowest BCUT2D eigenvalue weighted by molar-refractivity contribution is 0.580. The zero-order chi connectivity index (χ0) is 14.8. The van der Waals surface area contributed by atoms with Crippen LogP contribution in [0.25, 0.3) is 0 Å². The predicted octanol–water partition coefficient (Wildman–Crippen LogP) is 2.21. The van der Waals surface area contributed by atoms with Gasteiger partial charge in [0.25, 0.3) is 0 Å². The fourth-order valence-corrected chi connectivity index (χ4v) is 3.17. The Bertz CT molecular complexity index is 732. The molecule has 0 fully saturated rings. The molecule has 1 aromatic heterocycles. The molecule has 0 radical (unpaired) electrons. The maximum atomic E-state index is 12.2. The van der Waals surface area contributed by atoms with E-state index in [2.05, 4.69) is 25.6 Å². The Labute approximate surface area is 126 Å². The normalized spacial score (nSPS) is 11.5. The van der Waals surface area contributed by atoms with E-state index >= 15 is 0 Å². The summed E-state index contributed by atoms with van der Waals surface area (Å²) < 4.78 is 27.4. The molecule has 0 spiro atoms. The summed E-state index contributed by atoms with van der Waals surface area (Å²) in [6.45, 7) is 2.04. The molecule has 106 valence electrons.